The first-order valence-corrected chi connectivity index (χ1v) is 7.44. The van der Waals surface area contributed by atoms with E-state index in [1.807, 2.05) is 36.4 Å². The van der Waals surface area contributed by atoms with Gasteiger partial charge in [0.1, 0.15) is 6.61 Å². The van der Waals surface area contributed by atoms with Crippen molar-refractivity contribution in [2.24, 2.45) is 0 Å². The molecule has 1 amide bonds. The van der Waals surface area contributed by atoms with Crippen molar-refractivity contribution >= 4 is 18.1 Å². The van der Waals surface area contributed by atoms with E-state index in [4.69, 9.17) is 9.84 Å². The molecule has 0 spiro atoms. The maximum absolute atomic E-state index is 11.5. The fourth-order valence-electron chi connectivity index (χ4n) is 1.92. The molecule has 0 radical (unpaired) electrons. The number of benzene rings is 1. The minimum absolute atomic E-state index is 0.139. The quantitative estimate of drug-likeness (QED) is 0.763. The van der Waals surface area contributed by atoms with E-state index in [1.165, 1.54) is 12.3 Å². The smallest absolute Gasteiger partial charge is 0.407 e. The van der Waals surface area contributed by atoms with E-state index in [-0.39, 0.29) is 12.2 Å². The van der Waals surface area contributed by atoms with Crippen LogP contribution in [0.2, 0.25) is 0 Å². The summed E-state index contributed by atoms with van der Waals surface area (Å²) in [6.07, 6.45) is 6.59. The minimum Gasteiger partial charge on any atom is -0.478 e. The number of rotatable bonds is 7. The number of aromatic carboxylic acids is 1. The second-order valence-corrected chi connectivity index (χ2v) is 4.99. The predicted molar refractivity (Wildman–Crippen MR) is 89.5 cm³/mol. The predicted octanol–water partition coefficient (Wildman–Crippen LogP) is 3.11. The van der Waals surface area contributed by atoms with Crippen molar-refractivity contribution in [2.45, 2.75) is 13.0 Å². The number of carboxylic acids is 1. The molecule has 24 heavy (non-hydrogen) atoms. The van der Waals surface area contributed by atoms with Crippen LogP contribution >= 0.6 is 0 Å². The van der Waals surface area contributed by atoms with Crippen molar-refractivity contribution in [3.05, 3.63) is 71.6 Å². The third-order valence-electron chi connectivity index (χ3n) is 3.11. The highest BCUT2D eigenvalue weighted by Crippen LogP contribution is 2.05. The number of nitrogens with one attached hydrogen (secondary N) is 1. The molecule has 0 aliphatic carbocycles. The van der Waals surface area contributed by atoms with Crippen LogP contribution in [0.15, 0.2) is 54.9 Å². The lowest BCUT2D eigenvalue weighted by atomic mass is 10.2. The Hall–Kier alpha value is -3.15. The Morgan fingerprint density at radius 1 is 1.21 bits per heavy atom. The molecule has 0 bridgehead atoms. The third-order valence-corrected chi connectivity index (χ3v) is 3.11. The Morgan fingerprint density at radius 3 is 2.75 bits per heavy atom. The first-order chi connectivity index (χ1) is 11.6. The molecule has 2 aromatic rings. The molecule has 1 heterocycles. The fourth-order valence-corrected chi connectivity index (χ4v) is 1.92. The van der Waals surface area contributed by atoms with Gasteiger partial charge in [0.25, 0.3) is 0 Å². The topological polar surface area (TPSA) is 88.5 Å². The van der Waals surface area contributed by atoms with Crippen molar-refractivity contribution in [2.75, 3.05) is 6.54 Å². The molecule has 0 unspecified atom stereocenters. The summed E-state index contributed by atoms with van der Waals surface area (Å²) in [5.41, 5.74) is 1.76. The first kappa shape index (κ1) is 17.2. The number of carboxylic acid groups (broad SMARTS) is 1. The van der Waals surface area contributed by atoms with Gasteiger partial charge in [-0.15, -0.1) is 0 Å². The van der Waals surface area contributed by atoms with E-state index in [2.05, 4.69) is 10.3 Å². The molecule has 6 heteroatoms. The summed E-state index contributed by atoms with van der Waals surface area (Å²) in [6.45, 7) is 0.659. The van der Waals surface area contributed by atoms with Crippen LogP contribution in [0, 0.1) is 0 Å². The summed E-state index contributed by atoms with van der Waals surface area (Å²) >= 11 is 0. The van der Waals surface area contributed by atoms with E-state index >= 15 is 0 Å². The number of aromatic nitrogens is 1. The molecule has 1 aromatic heterocycles. The Morgan fingerprint density at radius 2 is 2.00 bits per heavy atom. The molecule has 2 N–H and O–H groups in total. The van der Waals surface area contributed by atoms with Crippen LogP contribution in [-0.2, 0) is 11.3 Å². The molecule has 0 saturated heterocycles. The van der Waals surface area contributed by atoms with Gasteiger partial charge >= 0.3 is 12.1 Å². The van der Waals surface area contributed by atoms with Gasteiger partial charge in [-0.05, 0) is 23.6 Å². The van der Waals surface area contributed by atoms with Crippen LogP contribution in [0.4, 0.5) is 4.79 Å². The highest BCUT2D eigenvalue weighted by molar-refractivity contribution is 5.87. The summed E-state index contributed by atoms with van der Waals surface area (Å²) in [4.78, 5) is 26.2. The molecular weight excluding hydrogens is 308 g/mol. The SMILES string of the molecule is O=C(NCCC=Cc1cncc(C(=O)O)c1)OCc1ccccc1. The van der Waals surface area contributed by atoms with Crippen LogP contribution < -0.4 is 5.32 Å². The molecule has 0 atom stereocenters. The average molecular weight is 326 g/mol. The molecule has 0 aliphatic rings. The minimum atomic E-state index is -1.01. The second-order valence-electron chi connectivity index (χ2n) is 4.99. The molecule has 124 valence electrons. The number of pyridine rings is 1. The number of carbonyl (C=O) groups excluding carboxylic acids is 1. The van der Waals surface area contributed by atoms with Crippen LogP contribution in [0.5, 0.6) is 0 Å². The van der Waals surface area contributed by atoms with Crippen LogP contribution in [0.1, 0.15) is 27.9 Å². The molecule has 0 saturated carbocycles. The van der Waals surface area contributed by atoms with Crippen molar-refractivity contribution in [1.29, 1.82) is 0 Å². The van der Waals surface area contributed by atoms with E-state index in [1.54, 1.807) is 12.3 Å². The van der Waals surface area contributed by atoms with E-state index < -0.39 is 12.1 Å². The zero-order valence-corrected chi connectivity index (χ0v) is 13.0. The number of carbonyl (C=O) groups is 2. The van der Waals surface area contributed by atoms with Gasteiger partial charge in [0.15, 0.2) is 0 Å². The lowest BCUT2D eigenvalue weighted by Crippen LogP contribution is -2.24. The van der Waals surface area contributed by atoms with Gasteiger partial charge in [-0.2, -0.15) is 0 Å². The number of hydrogen-bond acceptors (Lipinski definition) is 4. The number of amides is 1. The van der Waals surface area contributed by atoms with Gasteiger partial charge in [-0.25, -0.2) is 9.59 Å². The van der Waals surface area contributed by atoms with Crippen LogP contribution in [0.3, 0.4) is 0 Å². The lowest BCUT2D eigenvalue weighted by Gasteiger charge is -2.05. The Labute approximate surface area is 139 Å². The van der Waals surface area contributed by atoms with Crippen molar-refractivity contribution in [3.8, 4) is 0 Å². The molecule has 0 fully saturated rings. The Balaban J connectivity index is 1.68. The third kappa shape index (κ3) is 5.92. The number of nitrogens with zero attached hydrogens (tertiary/aromatic N) is 1. The van der Waals surface area contributed by atoms with Gasteiger partial charge in [-0.1, -0.05) is 42.5 Å². The Bertz CT molecular complexity index is 714. The van der Waals surface area contributed by atoms with Crippen molar-refractivity contribution < 1.29 is 19.4 Å². The van der Waals surface area contributed by atoms with Gasteiger partial charge in [0.2, 0.25) is 0 Å². The highest BCUT2D eigenvalue weighted by Gasteiger charge is 2.02. The van der Waals surface area contributed by atoms with E-state index in [9.17, 15) is 9.59 Å². The fraction of sp³-hybridized carbons (Fsp3) is 0.167. The maximum atomic E-state index is 11.5. The van der Waals surface area contributed by atoms with Gasteiger partial charge in [-0.3, -0.25) is 4.98 Å². The molecule has 0 aliphatic heterocycles. The Kier molecular flexibility index (Phi) is 6.52. The standard InChI is InChI=1S/C18H18N2O4/c21-17(22)16-10-15(11-19-12-16)8-4-5-9-20-18(23)24-13-14-6-2-1-3-7-14/h1-4,6-8,10-12H,5,9,13H2,(H,20,23)(H,21,22). The highest BCUT2D eigenvalue weighted by atomic mass is 16.5. The molecule has 6 nitrogen and oxygen atoms in total. The molecular formula is C18H18N2O4. The number of alkyl carbamates (subject to hydrolysis) is 1. The van der Waals surface area contributed by atoms with E-state index in [0.717, 1.165) is 5.56 Å². The van der Waals surface area contributed by atoms with Gasteiger partial charge in [0, 0.05) is 18.9 Å². The summed E-state index contributed by atoms with van der Waals surface area (Å²) in [5, 5.41) is 11.5. The monoisotopic (exact) mass is 326 g/mol. The first-order valence-electron chi connectivity index (χ1n) is 7.44. The van der Waals surface area contributed by atoms with Crippen LogP contribution in [-0.4, -0.2) is 28.7 Å². The summed E-state index contributed by atoms with van der Waals surface area (Å²) in [7, 11) is 0. The second kappa shape index (κ2) is 9.09. The largest absolute Gasteiger partial charge is 0.478 e. The summed E-state index contributed by atoms with van der Waals surface area (Å²) in [5.74, 6) is -1.01. The summed E-state index contributed by atoms with van der Waals surface area (Å²) in [6, 6.07) is 11.0. The average Bonchev–Trinajstić information content (AvgIpc) is 2.61. The normalized spacial score (nSPS) is 10.5. The van der Waals surface area contributed by atoms with Crippen molar-refractivity contribution in [1.82, 2.24) is 10.3 Å². The van der Waals surface area contributed by atoms with Crippen LogP contribution in [0.25, 0.3) is 6.08 Å². The zero-order valence-electron chi connectivity index (χ0n) is 13.0. The zero-order chi connectivity index (χ0) is 17.2. The number of hydrogen-bond donors (Lipinski definition) is 2. The van der Waals surface area contributed by atoms with E-state index in [0.29, 0.717) is 18.5 Å². The van der Waals surface area contributed by atoms with Gasteiger partial charge in [0.05, 0.1) is 5.56 Å². The van der Waals surface area contributed by atoms with Crippen molar-refractivity contribution in [3.63, 3.8) is 0 Å². The lowest BCUT2D eigenvalue weighted by molar-refractivity contribution is 0.0696. The maximum Gasteiger partial charge on any atom is 0.407 e. The number of ether oxygens (including phenoxy) is 1. The summed E-state index contributed by atoms with van der Waals surface area (Å²) < 4.78 is 5.09. The molecule has 1 aromatic carbocycles. The molecule has 2 rings (SSSR count). The van der Waals surface area contributed by atoms with Gasteiger partial charge < -0.3 is 15.2 Å².